The quantitative estimate of drug-likeness (QED) is 0.668. The number of piperazine rings is 1. The number of carbonyl (C=O) groups excluding carboxylic acids is 3. The molecule has 0 spiro atoms. The highest BCUT2D eigenvalue weighted by atomic mass is 16.2. The molecule has 0 saturated carbocycles. The molecule has 0 aliphatic carbocycles. The smallest absolute Gasteiger partial charge is 0.313 e. The average molecular weight is 412 g/mol. The first-order chi connectivity index (χ1) is 14.4. The normalized spacial score (nSPS) is 15.4. The molecular formula is C22H29N5O3. The number of carbonyl (C=O) groups is 3. The van der Waals surface area contributed by atoms with Gasteiger partial charge in [-0.1, -0.05) is 43.7 Å². The van der Waals surface area contributed by atoms with Gasteiger partial charge >= 0.3 is 11.8 Å². The predicted octanol–water partition coefficient (Wildman–Crippen LogP) is 1.56. The second-order valence-electron chi connectivity index (χ2n) is 7.58. The zero-order valence-corrected chi connectivity index (χ0v) is 17.8. The fourth-order valence-electron chi connectivity index (χ4n) is 3.71. The zero-order valence-electron chi connectivity index (χ0n) is 17.8. The van der Waals surface area contributed by atoms with E-state index in [0.29, 0.717) is 25.2 Å². The third kappa shape index (κ3) is 4.69. The van der Waals surface area contributed by atoms with E-state index >= 15 is 0 Å². The number of nitrogens with zero attached hydrogens (tertiary/aromatic N) is 4. The third-order valence-electron chi connectivity index (χ3n) is 5.34. The summed E-state index contributed by atoms with van der Waals surface area (Å²) < 4.78 is 1.72. The molecule has 1 aliphatic heterocycles. The minimum absolute atomic E-state index is 0.290. The lowest BCUT2D eigenvalue weighted by Crippen LogP contribution is -2.57. The van der Waals surface area contributed by atoms with Crippen molar-refractivity contribution in [1.29, 1.82) is 0 Å². The number of amides is 3. The minimum atomic E-state index is -0.856. The van der Waals surface area contributed by atoms with Crippen molar-refractivity contribution in [2.75, 3.05) is 19.6 Å². The van der Waals surface area contributed by atoms with E-state index in [1.165, 1.54) is 4.90 Å². The van der Waals surface area contributed by atoms with E-state index in [0.717, 1.165) is 24.2 Å². The van der Waals surface area contributed by atoms with E-state index in [1.54, 1.807) is 21.7 Å². The van der Waals surface area contributed by atoms with E-state index in [1.807, 2.05) is 45.2 Å². The molecule has 1 aromatic carbocycles. The van der Waals surface area contributed by atoms with Gasteiger partial charge in [0.25, 0.3) is 0 Å². The van der Waals surface area contributed by atoms with E-state index in [9.17, 15) is 14.4 Å². The highest BCUT2D eigenvalue weighted by Crippen LogP contribution is 2.24. The monoisotopic (exact) mass is 411 g/mol. The second-order valence-corrected chi connectivity index (χ2v) is 7.58. The first kappa shape index (κ1) is 21.5. The predicted molar refractivity (Wildman–Crippen MR) is 112 cm³/mol. The van der Waals surface area contributed by atoms with Gasteiger partial charge in [-0.25, -0.2) is 0 Å². The lowest BCUT2D eigenvalue weighted by Gasteiger charge is -2.38. The number of hydrogen-bond donors (Lipinski definition) is 1. The van der Waals surface area contributed by atoms with Crippen LogP contribution in [0.1, 0.15) is 42.8 Å². The van der Waals surface area contributed by atoms with Gasteiger partial charge in [0.15, 0.2) is 0 Å². The second kappa shape index (κ2) is 9.56. The highest BCUT2D eigenvalue weighted by Gasteiger charge is 2.39. The summed E-state index contributed by atoms with van der Waals surface area (Å²) in [6.07, 6.45) is 1.80. The Labute approximate surface area is 176 Å². The first-order valence-electron chi connectivity index (χ1n) is 10.3. The first-order valence-corrected chi connectivity index (χ1v) is 10.3. The Morgan fingerprint density at radius 2 is 1.90 bits per heavy atom. The number of nitrogens with one attached hydrogen (secondary N) is 1. The molecule has 30 heavy (non-hydrogen) atoms. The number of aromatic nitrogens is 2. The van der Waals surface area contributed by atoms with Crippen molar-refractivity contribution >= 4 is 17.7 Å². The summed E-state index contributed by atoms with van der Waals surface area (Å²) in [6.45, 7) is 5.55. The van der Waals surface area contributed by atoms with Crippen molar-refractivity contribution in [3.63, 3.8) is 0 Å². The van der Waals surface area contributed by atoms with Crippen LogP contribution in [0.4, 0.5) is 0 Å². The number of benzene rings is 1. The van der Waals surface area contributed by atoms with Crippen molar-refractivity contribution in [2.24, 2.45) is 7.05 Å². The minimum Gasteiger partial charge on any atom is -0.348 e. The van der Waals surface area contributed by atoms with Crippen LogP contribution in [0.5, 0.6) is 0 Å². The molecule has 3 amide bonds. The molecule has 8 nitrogen and oxygen atoms in total. The van der Waals surface area contributed by atoms with Crippen LogP contribution < -0.4 is 5.32 Å². The summed E-state index contributed by atoms with van der Waals surface area (Å²) in [5.74, 6) is -1.48. The molecule has 1 saturated heterocycles. The fraction of sp³-hybridized carbons (Fsp3) is 0.455. The zero-order chi connectivity index (χ0) is 21.7. The Kier molecular flexibility index (Phi) is 6.87. The van der Waals surface area contributed by atoms with E-state index in [4.69, 9.17) is 0 Å². The lowest BCUT2D eigenvalue weighted by molar-refractivity contribution is -0.159. The lowest BCUT2D eigenvalue weighted by atomic mass is 10.0. The summed E-state index contributed by atoms with van der Waals surface area (Å²) in [5.41, 5.74) is 2.41. The van der Waals surface area contributed by atoms with Crippen LogP contribution in [0.2, 0.25) is 0 Å². The van der Waals surface area contributed by atoms with Gasteiger partial charge in [-0.3, -0.25) is 19.1 Å². The summed E-state index contributed by atoms with van der Waals surface area (Å²) in [7, 11) is 1.82. The number of hydrogen-bond acceptors (Lipinski definition) is 4. The molecule has 1 fully saturated rings. The Hall–Kier alpha value is -3.16. The van der Waals surface area contributed by atoms with Gasteiger partial charge in [-0.2, -0.15) is 5.10 Å². The van der Waals surface area contributed by atoms with Crippen LogP contribution in [0.25, 0.3) is 0 Å². The molecule has 8 heteroatoms. The largest absolute Gasteiger partial charge is 0.348 e. The molecule has 0 radical (unpaired) electrons. The van der Waals surface area contributed by atoms with Gasteiger partial charge in [-0.05, 0) is 25.0 Å². The van der Waals surface area contributed by atoms with Gasteiger partial charge in [0.05, 0.1) is 17.9 Å². The van der Waals surface area contributed by atoms with E-state index in [-0.39, 0.29) is 12.5 Å². The molecule has 160 valence electrons. The van der Waals surface area contributed by atoms with Crippen LogP contribution in [-0.4, -0.2) is 56.9 Å². The van der Waals surface area contributed by atoms with Crippen molar-refractivity contribution in [3.8, 4) is 0 Å². The van der Waals surface area contributed by atoms with E-state index in [2.05, 4.69) is 10.4 Å². The van der Waals surface area contributed by atoms with Crippen LogP contribution in [-0.2, 0) is 28.0 Å². The van der Waals surface area contributed by atoms with Gasteiger partial charge in [0.2, 0.25) is 5.91 Å². The molecule has 2 aromatic rings. The number of rotatable bonds is 8. The summed E-state index contributed by atoms with van der Waals surface area (Å²) in [5, 5.41) is 7.20. The molecule has 1 atom stereocenters. The summed E-state index contributed by atoms with van der Waals surface area (Å²) in [4.78, 5) is 41.7. The third-order valence-corrected chi connectivity index (χ3v) is 5.34. The maximum absolute atomic E-state index is 13.2. The van der Waals surface area contributed by atoms with Crippen LogP contribution >= 0.6 is 0 Å². The average Bonchev–Trinajstić information content (AvgIpc) is 3.07. The van der Waals surface area contributed by atoms with Crippen LogP contribution in [0, 0.1) is 6.92 Å². The van der Waals surface area contributed by atoms with Crippen molar-refractivity contribution in [2.45, 2.75) is 39.3 Å². The maximum atomic E-state index is 13.2. The van der Waals surface area contributed by atoms with Crippen molar-refractivity contribution in [3.05, 3.63) is 53.3 Å². The van der Waals surface area contributed by atoms with Crippen LogP contribution in [0.15, 0.2) is 36.4 Å². The van der Waals surface area contributed by atoms with Gasteiger partial charge < -0.3 is 15.1 Å². The summed E-state index contributed by atoms with van der Waals surface area (Å²) >= 11 is 0. The van der Waals surface area contributed by atoms with Gasteiger partial charge in [0, 0.05) is 26.7 Å². The maximum Gasteiger partial charge on any atom is 0.313 e. The number of aryl methyl sites for hydroxylation is 2. The van der Waals surface area contributed by atoms with Crippen molar-refractivity contribution in [1.82, 2.24) is 24.9 Å². The molecule has 1 N–H and O–H groups in total. The molecule has 1 aromatic heterocycles. The van der Waals surface area contributed by atoms with Gasteiger partial charge in [-0.15, -0.1) is 0 Å². The molecule has 3 rings (SSSR count). The highest BCUT2D eigenvalue weighted by molar-refractivity contribution is 6.35. The van der Waals surface area contributed by atoms with Crippen molar-refractivity contribution < 1.29 is 14.4 Å². The molecule has 2 heterocycles. The van der Waals surface area contributed by atoms with E-state index < -0.39 is 17.9 Å². The molecular weight excluding hydrogens is 382 g/mol. The van der Waals surface area contributed by atoms with Gasteiger partial charge in [0.1, 0.15) is 6.04 Å². The standard InChI is InChI=1S/C22H29N5O3/c1-4-5-11-26-12-13-27(22(30)21(26)29)19(17-9-7-6-8-10-17)20(28)23-15-18-14-16(2)24-25(18)3/h6-10,14,19H,4-5,11-13,15H2,1-3H3,(H,23,28). The Balaban J connectivity index is 1.79. The Morgan fingerprint density at radius 1 is 1.17 bits per heavy atom. The molecule has 1 unspecified atom stereocenters. The summed E-state index contributed by atoms with van der Waals surface area (Å²) in [6, 6.07) is 10.2. The number of unbranched alkanes of at least 4 members (excludes halogenated alkanes) is 1. The van der Waals surface area contributed by atoms with Crippen LogP contribution in [0.3, 0.4) is 0 Å². The Bertz CT molecular complexity index is 909. The molecule has 0 bridgehead atoms. The SMILES string of the molecule is CCCCN1CCN(C(C(=O)NCc2cc(C)nn2C)c2ccccc2)C(=O)C1=O. The molecule has 1 aliphatic rings. The Morgan fingerprint density at radius 3 is 2.53 bits per heavy atom. The fourth-order valence-corrected chi connectivity index (χ4v) is 3.71. The topological polar surface area (TPSA) is 87.5 Å².